The van der Waals surface area contributed by atoms with E-state index in [2.05, 4.69) is 37.8 Å². The average Bonchev–Trinajstić information content (AvgIpc) is 3.15. The predicted octanol–water partition coefficient (Wildman–Crippen LogP) is 3.80. The third-order valence-electron chi connectivity index (χ3n) is 5.58. The molecule has 0 N–H and O–H groups in total. The number of rotatable bonds is 6. The Kier molecular flexibility index (Phi) is 7.13. The number of benzene rings is 1. The quantitative estimate of drug-likeness (QED) is 0.702. The second-order valence-corrected chi connectivity index (χ2v) is 9.91. The summed E-state index contributed by atoms with van der Waals surface area (Å²) in [6.45, 7) is 12.4. The minimum Gasteiger partial charge on any atom is -0.338 e. The fourth-order valence-electron chi connectivity index (χ4n) is 4.36. The van der Waals surface area contributed by atoms with E-state index in [0.29, 0.717) is 43.7 Å². The van der Waals surface area contributed by atoms with Crippen LogP contribution in [0.25, 0.3) is 11.5 Å². The Morgan fingerprint density at radius 1 is 1.16 bits per heavy atom. The summed E-state index contributed by atoms with van der Waals surface area (Å²) < 4.78 is 5.30. The fraction of sp³-hybridized carbons (Fsp3) is 0.583. The van der Waals surface area contributed by atoms with Gasteiger partial charge in [0.2, 0.25) is 11.8 Å². The maximum absolute atomic E-state index is 12.8. The molecule has 2 heterocycles. The Labute approximate surface area is 184 Å². The fourth-order valence-corrected chi connectivity index (χ4v) is 4.36. The highest BCUT2D eigenvalue weighted by Crippen LogP contribution is 2.27. The van der Waals surface area contributed by atoms with Crippen molar-refractivity contribution < 1.29 is 14.1 Å². The van der Waals surface area contributed by atoms with Crippen molar-refractivity contribution in [3.05, 3.63) is 36.2 Å². The van der Waals surface area contributed by atoms with Gasteiger partial charge < -0.3 is 14.3 Å². The van der Waals surface area contributed by atoms with Gasteiger partial charge in [-0.05, 0) is 36.8 Å². The molecule has 7 nitrogen and oxygen atoms in total. The largest absolute Gasteiger partial charge is 0.338 e. The third kappa shape index (κ3) is 6.39. The van der Waals surface area contributed by atoms with Crippen molar-refractivity contribution in [2.45, 2.75) is 59.9 Å². The number of piperazine rings is 1. The van der Waals surface area contributed by atoms with Crippen LogP contribution in [0.3, 0.4) is 0 Å². The van der Waals surface area contributed by atoms with E-state index < -0.39 is 0 Å². The van der Waals surface area contributed by atoms with Crippen molar-refractivity contribution in [3.8, 4) is 11.5 Å². The summed E-state index contributed by atoms with van der Waals surface area (Å²) in [7, 11) is 0. The van der Waals surface area contributed by atoms with Crippen LogP contribution in [0.4, 0.5) is 0 Å². The van der Waals surface area contributed by atoms with Gasteiger partial charge in [-0.1, -0.05) is 51.1 Å². The van der Waals surface area contributed by atoms with Crippen LogP contribution in [0.2, 0.25) is 0 Å². The second kappa shape index (κ2) is 9.62. The highest BCUT2D eigenvalue weighted by Gasteiger charge is 2.31. The highest BCUT2D eigenvalue weighted by atomic mass is 16.5. The molecule has 2 atom stereocenters. The van der Waals surface area contributed by atoms with Crippen LogP contribution >= 0.6 is 0 Å². The number of hydrogen-bond donors (Lipinski definition) is 0. The molecule has 3 rings (SSSR count). The van der Waals surface area contributed by atoms with Crippen LogP contribution in [0.5, 0.6) is 0 Å². The highest BCUT2D eigenvalue weighted by molar-refractivity contribution is 5.80. The third-order valence-corrected chi connectivity index (χ3v) is 5.58. The van der Waals surface area contributed by atoms with Gasteiger partial charge in [-0.3, -0.25) is 9.59 Å². The SMILES string of the molecule is C[C@H](CC(=O)N1CCN(C(=O)Cc2noc(-c3ccccc3)n2)C[C@@H]1C)CC(C)(C)C. The standard InChI is InChI=1S/C24H34N4O3/c1-17(15-24(3,4)5)13-22(30)28-12-11-27(16-18(28)2)21(29)14-20-25-23(31-26-20)19-9-7-6-8-10-19/h6-10,17-18H,11-16H2,1-5H3/t17-,18+/m1/s1. The molecule has 1 aliphatic heterocycles. The molecule has 0 bridgehead atoms. The molecule has 0 saturated carbocycles. The molecule has 1 fully saturated rings. The zero-order valence-electron chi connectivity index (χ0n) is 19.3. The Morgan fingerprint density at radius 2 is 1.87 bits per heavy atom. The normalized spacial score (nSPS) is 18.2. The second-order valence-electron chi connectivity index (χ2n) is 9.91. The van der Waals surface area contributed by atoms with Crippen molar-refractivity contribution in [3.63, 3.8) is 0 Å². The molecule has 0 aliphatic carbocycles. The molecule has 168 valence electrons. The number of carbonyl (C=O) groups is 2. The van der Waals surface area contributed by atoms with E-state index in [-0.39, 0.29) is 29.7 Å². The zero-order valence-corrected chi connectivity index (χ0v) is 19.3. The van der Waals surface area contributed by atoms with Gasteiger partial charge in [0.25, 0.3) is 5.89 Å². The molecule has 7 heteroatoms. The van der Waals surface area contributed by atoms with E-state index in [4.69, 9.17) is 4.52 Å². The first-order chi connectivity index (χ1) is 14.6. The Balaban J connectivity index is 1.52. The van der Waals surface area contributed by atoms with E-state index >= 15 is 0 Å². The topological polar surface area (TPSA) is 79.5 Å². The molecule has 2 aromatic rings. The molecule has 0 spiro atoms. The number of hydrogen-bond acceptors (Lipinski definition) is 5. The van der Waals surface area contributed by atoms with Crippen molar-refractivity contribution in [1.82, 2.24) is 19.9 Å². The van der Waals surface area contributed by atoms with Crippen LogP contribution < -0.4 is 0 Å². The lowest BCUT2D eigenvalue weighted by molar-refractivity contribution is -0.142. The number of amides is 2. The van der Waals surface area contributed by atoms with E-state index in [9.17, 15) is 9.59 Å². The lowest BCUT2D eigenvalue weighted by Crippen LogP contribution is -2.55. The van der Waals surface area contributed by atoms with Gasteiger partial charge in [0.05, 0.1) is 6.42 Å². The lowest BCUT2D eigenvalue weighted by Gasteiger charge is -2.40. The van der Waals surface area contributed by atoms with Crippen LogP contribution in [-0.4, -0.2) is 57.4 Å². The van der Waals surface area contributed by atoms with Crippen LogP contribution in [0.15, 0.2) is 34.9 Å². The van der Waals surface area contributed by atoms with Crippen molar-refractivity contribution >= 4 is 11.8 Å². The average molecular weight is 427 g/mol. The molecule has 0 unspecified atom stereocenters. The minimum absolute atomic E-state index is 0.00261. The summed E-state index contributed by atoms with van der Waals surface area (Å²) in [5.74, 6) is 1.28. The Hall–Kier alpha value is -2.70. The van der Waals surface area contributed by atoms with E-state index in [1.807, 2.05) is 42.2 Å². The van der Waals surface area contributed by atoms with Gasteiger partial charge in [-0.15, -0.1) is 0 Å². The van der Waals surface area contributed by atoms with Gasteiger partial charge in [0, 0.05) is 37.7 Å². The summed E-state index contributed by atoms with van der Waals surface area (Å²) >= 11 is 0. The minimum atomic E-state index is -0.0412. The van der Waals surface area contributed by atoms with Crippen molar-refractivity contribution in [2.24, 2.45) is 11.3 Å². The Morgan fingerprint density at radius 3 is 2.52 bits per heavy atom. The first-order valence-electron chi connectivity index (χ1n) is 11.1. The summed E-state index contributed by atoms with van der Waals surface area (Å²) in [4.78, 5) is 33.6. The summed E-state index contributed by atoms with van der Waals surface area (Å²) in [5, 5.41) is 3.95. The molecule has 1 aromatic heterocycles. The molecule has 1 aliphatic rings. The van der Waals surface area contributed by atoms with Crippen molar-refractivity contribution in [1.29, 1.82) is 0 Å². The molecule has 0 radical (unpaired) electrons. The monoisotopic (exact) mass is 426 g/mol. The molecular formula is C24H34N4O3. The predicted molar refractivity (Wildman–Crippen MR) is 119 cm³/mol. The van der Waals surface area contributed by atoms with Crippen molar-refractivity contribution in [2.75, 3.05) is 19.6 Å². The lowest BCUT2D eigenvalue weighted by atomic mass is 9.84. The summed E-state index contributed by atoms with van der Waals surface area (Å²) in [6.07, 6.45) is 1.67. The smallest absolute Gasteiger partial charge is 0.257 e. The van der Waals surface area contributed by atoms with Gasteiger partial charge >= 0.3 is 0 Å². The summed E-state index contributed by atoms with van der Waals surface area (Å²) in [6, 6.07) is 9.49. The zero-order chi connectivity index (χ0) is 22.6. The first kappa shape index (κ1) is 23.0. The first-order valence-corrected chi connectivity index (χ1v) is 11.1. The van der Waals surface area contributed by atoms with Gasteiger partial charge in [0.15, 0.2) is 5.82 Å². The number of nitrogens with zero attached hydrogens (tertiary/aromatic N) is 4. The number of aromatic nitrogens is 2. The maximum Gasteiger partial charge on any atom is 0.257 e. The van der Waals surface area contributed by atoms with Crippen LogP contribution in [0, 0.1) is 11.3 Å². The van der Waals surface area contributed by atoms with E-state index in [1.165, 1.54) is 0 Å². The molecule has 31 heavy (non-hydrogen) atoms. The molecule has 2 amide bonds. The molecule has 1 saturated heterocycles. The van der Waals surface area contributed by atoms with Gasteiger partial charge in [0.1, 0.15) is 0 Å². The van der Waals surface area contributed by atoms with E-state index in [1.54, 1.807) is 4.90 Å². The van der Waals surface area contributed by atoms with E-state index in [0.717, 1.165) is 12.0 Å². The maximum atomic E-state index is 12.8. The van der Waals surface area contributed by atoms with Crippen LogP contribution in [-0.2, 0) is 16.0 Å². The van der Waals surface area contributed by atoms with Gasteiger partial charge in [-0.25, -0.2) is 0 Å². The molecule has 1 aromatic carbocycles. The Bertz CT molecular complexity index is 888. The summed E-state index contributed by atoms with van der Waals surface area (Å²) in [5.41, 5.74) is 1.04. The number of carbonyl (C=O) groups excluding carboxylic acids is 2. The van der Waals surface area contributed by atoms with Crippen LogP contribution in [0.1, 0.15) is 53.3 Å². The molecular weight excluding hydrogens is 392 g/mol. The van der Waals surface area contributed by atoms with Gasteiger partial charge in [-0.2, -0.15) is 4.98 Å².